The molecule has 1 fully saturated rings. The van der Waals surface area contributed by atoms with Gasteiger partial charge >= 0.3 is 5.97 Å². The van der Waals surface area contributed by atoms with Crippen LogP contribution in [0.2, 0.25) is 0 Å². The second-order valence-corrected chi connectivity index (χ2v) is 5.15. The summed E-state index contributed by atoms with van der Waals surface area (Å²) in [6.07, 6.45) is 5.31. The molecule has 1 aromatic heterocycles. The summed E-state index contributed by atoms with van der Waals surface area (Å²) in [6, 6.07) is 1.68. The van der Waals surface area contributed by atoms with Gasteiger partial charge in [0.25, 0.3) is 0 Å². The van der Waals surface area contributed by atoms with Gasteiger partial charge < -0.3 is 15.5 Å². The van der Waals surface area contributed by atoms with Crippen molar-refractivity contribution >= 4 is 11.8 Å². The Bertz CT molecular complexity index is 462. The minimum Gasteiger partial charge on any atom is -0.478 e. The lowest BCUT2D eigenvalue weighted by molar-refractivity contribution is 0.0696. The second kappa shape index (κ2) is 6.02. The first-order valence-electron chi connectivity index (χ1n) is 6.70. The summed E-state index contributed by atoms with van der Waals surface area (Å²) >= 11 is 0. The largest absolute Gasteiger partial charge is 0.478 e. The maximum Gasteiger partial charge on any atom is 0.339 e. The highest BCUT2D eigenvalue weighted by Crippen LogP contribution is 2.25. The third-order valence-corrected chi connectivity index (χ3v) is 3.77. The molecular weight excluding hydrogens is 244 g/mol. The van der Waals surface area contributed by atoms with Crippen LogP contribution in [0.15, 0.2) is 12.3 Å². The molecule has 1 aliphatic rings. The molecule has 104 valence electrons. The molecule has 0 spiro atoms. The zero-order valence-electron chi connectivity index (χ0n) is 11.1. The Kier molecular flexibility index (Phi) is 4.37. The first kappa shape index (κ1) is 13.8. The van der Waals surface area contributed by atoms with Crippen LogP contribution in [0.1, 0.15) is 41.6 Å². The first-order chi connectivity index (χ1) is 9.09. The number of nitrogens with zero attached hydrogens (tertiary/aromatic N) is 1. The molecule has 1 aromatic rings. The highest BCUT2D eigenvalue weighted by Gasteiger charge is 2.23. The van der Waals surface area contributed by atoms with Gasteiger partial charge in [-0.1, -0.05) is 12.8 Å². The maximum absolute atomic E-state index is 11.2. The van der Waals surface area contributed by atoms with Gasteiger partial charge in [0.05, 0.1) is 6.10 Å². The Balaban J connectivity index is 2.07. The summed E-state index contributed by atoms with van der Waals surface area (Å²) in [5.74, 6) is -0.403. The SMILES string of the molecule is Cc1ccnc(NCC2CCCCC2O)c1C(=O)O. The number of rotatable bonds is 4. The summed E-state index contributed by atoms with van der Waals surface area (Å²) in [5, 5.41) is 22.2. The van der Waals surface area contributed by atoms with Crippen LogP contribution in [0, 0.1) is 12.8 Å². The molecule has 5 nitrogen and oxygen atoms in total. The molecule has 0 aromatic carbocycles. The van der Waals surface area contributed by atoms with E-state index in [0.29, 0.717) is 17.9 Å². The van der Waals surface area contributed by atoms with Crippen LogP contribution in [-0.2, 0) is 0 Å². The van der Waals surface area contributed by atoms with E-state index in [1.165, 1.54) is 0 Å². The molecule has 1 saturated carbocycles. The fourth-order valence-corrected chi connectivity index (χ4v) is 2.62. The maximum atomic E-state index is 11.2. The summed E-state index contributed by atoms with van der Waals surface area (Å²) in [5.41, 5.74) is 0.905. The van der Waals surface area contributed by atoms with E-state index in [9.17, 15) is 15.0 Å². The number of nitrogens with one attached hydrogen (secondary N) is 1. The average Bonchev–Trinajstić information content (AvgIpc) is 2.37. The lowest BCUT2D eigenvalue weighted by atomic mass is 9.86. The van der Waals surface area contributed by atoms with Crippen molar-refractivity contribution in [3.8, 4) is 0 Å². The Morgan fingerprint density at radius 1 is 1.47 bits per heavy atom. The minimum absolute atomic E-state index is 0.178. The molecule has 2 unspecified atom stereocenters. The molecule has 0 bridgehead atoms. The number of aliphatic hydroxyl groups is 1. The Labute approximate surface area is 112 Å². The Morgan fingerprint density at radius 2 is 2.21 bits per heavy atom. The highest BCUT2D eigenvalue weighted by molar-refractivity contribution is 5.94. The van der Waals surface area contributed by atoms with Crippen molar-refractivity contribution in [3.05, 3.63) is 23.4 Å². The smallest absolute Gasteiger partial charge is 0.339 e. The molecule has 0 aliphatic heterocycles. The zero-order valence-corrected chi connectivity index (χ0v) is 11.1. The molecule has 0 amide bonds. The van der Waals surface area contributed by atoms with Gasteiger partial charge in [0.15, 0.2) is 0 Å². The molecule has 3 N–H and O–H groups in total. The lowest BCUT2D eigenvalue weighted by Crippen LogP contribution is -2.30. The predicted molar refractivity (Wildman–Crippen MR) is 72.4 cm³/mol. The van der Waals surface area contributed by atoms with Crippen LogP contribution >= 0.6 is 0 Å². The Morgan fingerprint density at radius 3 is 2.89 bits per heavy atom. The fraction of sp³-hybridized carbons (Fsp3) is 0.571. The van der Waals surface area contributed by atoms with Crippen LogP contribution in [0.4, 0.5) is 5.82 Å². The summed E-state index contributed by atoms with van der Waals surface area (Å²) in [6.45, 7) is 2.32. The quantitative estimate of drug-likeness (QED) is 0.775. The molecule has 0 saturated heterocycles. The van der Waals surface area contributed by atoms with Crippen molar-refractivity contribution in [3.63, 3.8) is 0 Å². The number of aryl methyl sites for hydroxylation is 1. The van der Waals surface area contributed by atoms with Crippen LogP contribution in [0.5, 0.6) is 0 Å². The van der Waals surface area contributed by atoms with Crippen molar-refractivity contribution < 1.29 is 15.0 Å². The van der Waals surface area contributed by atoms with Gasteiger partial charge in [0.2, 0.25) is 0 Å². The fourth-order valence-electron chi connectivity index (χ4n) is 2.62. The number of aliphatic hydroxyl groups excluding tert-OH is 1. The number of aromatic carboxylic acids is 1. The summed E-state index contributed by atoms with van der Waals surface area (Å²) in [4.78, 5) is 15.3. The number of carbonyl (C=O) groups is 1. The third-order valence-electron chi connectivity index (χ3n) is 3.77. The van der Waals surface area contributed by atoms with E-state index in [2.05, 4.69) is 10.3 Å². The second-order valence-electron chi connectivity index (χ2n) is 5.15. The number of carboxylic acid groups (broad SMARTS) is 1. The number of pyridine rings is 1. The average molecular weight is 264 g/mol. The van der Waals surface area contributed by atoms with E-state index in [4.69, 9.17) is 0 Å². The van der Waals surface area contributed by atoms with E-state index in [0.717, 1.165) is 25.7 Å². The summed E-state index contributed by atoms with van der Waals surface area (Å²) in [7, 11) is 0. The molecule has 0 radical (unpaired) electrons. The van der Waals surface area contributed by atoms with Gasteiger partial charge in [-0.2, -0.15) is 0 Å². The van der Waals surface area contributed by atoms with Gasteiger partial charge in [-0.25, -0.2) is 9.78 Å². The molecule has 19 heavy (non-hydrogen) atoms. The van der Waals surface area contributed by atoms with Gasteiger partial charge in [0, 0.05) is 18.7 Å². The first-order valence-corrected chi connectivity index (χ1v) is 6.70. The van der Waals surface area contributed by atoms with E-state index in [1.54, 1.807) is 19.2 Å². The summed E-state index contributed by atoms with van der Waals surface area (Å²) < 4.78 is 0. The zero-order chi connectivity index (χ0) is 13.8. The van der Waals surface area contributed by atoms with Gasteiger partial charge in [-0.05, 0) is 31.4 Å². The predicted octanol–water partition coefficient (Wildman–Crippen LogP) is 2.05. The lowest BCUT2D eigenvalue weighted by Gasteiger charge is -2.28. The number of hydrogen-bond donors (Lipinski definition) is 3. The number of aromatic nitrogens is 1. The van der Waals surface area contributed by atoms with E-state index in [1.807, 2.05) is 0 Å². The molecule has 2 rings (SSSR count). The van der Waals surface area contributed by atoms with E-state index in [-0.39, 0.29) is 17.6 Å². The third kappa shape index (κ3) is 3.23. The normalized spacial score (nSPS) is 23.1. The monoisotopic (exact) mass is 264 g/mol. The highest BCUT2D eigenvalue weighted by atomic mass is 16.4. The van der Waals surface area contributed by atoms with Crippen LogP contribution in [-0.4, -0.2) is 33.8 Å². The topological polar surface area (TPSA) is 82.5 Å². The molecule has 5 heteroatoms. The van der Waals surface area contributed by atoms with E-state index >= 15 is 0 Å². The molecular formula is C14H20N2O3. The van der Waals surface area contributed by atoms with Crippen molar-refractivity contribution in [2.24, 2.45) is 5.92 Å². The number of carboxylic acids is 1. The Hall–Kier alpha value is -1.62. The minimum atomic E-state index is -0.975. The molecule has 2 atom stereocenters. The van der Waals surface area contributed by atoms with Gasteiger partial charge in [-0.3, -0.25) is 0 Å². The van der Waals surface area contributed by atoms with Gasteiger partial charge in [0.1, 0.15) is 11.4 Å². The van der Waals surface area contributed by atoms with Crippen LogP contribution in [0.25, 0.3) is 0 Å². The van der Waals surface area contributed by atoms with Crippen molar-refractivity contribution in [1.29, 1.82) is 0 Å². The van der Waals surface area contributed by atoms with Gasteiger partial charge in [-0.15, -0.1) is 0 Å². The van der Waals surface area contributed by atoms with Crippen molar-refractivity contribution in [1.82, 2.24) is 4.98 Å². The van der Waals surface area contributed by atoms with Crippen LogP contribution < -0.4 is 5.32 Å². The molecule has 1 heterocycles. The van der Waals surface area contributed by atoms with Crippen LogP contribution in [0.3, 0.4) is 0 Å². The van der Waals surface area contributed by atoms with E-state index < -0.39 is 5.97 Å². The molecule has 1 aliphatic carbocycles. The standard InChI is InChI=1S/C14H20N2O3/c1-9-6-7-15-13(12(9)14(18)19)16-8-10-4-2-3-5-11(10)17/h6-7,10-11,17H,2-5,8H2,1H3,(H,15,16)(H,18,19). The number of anilines is 1. The van der Waals surface area contributed by atoms with Crippen molar-refractivity contribution in [2.45, 2.75) is 38.7 Å². The van der Waals surface area contributed by atoms with Crippen molar-refractivity contribution in [2.75, 3.05) is 11.9 Å². The number of hydrogen-bond acceptors (Lipinski definition) is 4.